The average Bonchev–Trinajstić information content (AvgIpc) is 2.73. The summed E-state index contributed by atoms with van der Waals surface area (Å²) in [6.45, 7) is 6.08. The van der Waals surface area contributed by atoms with Crippen LogP contribution in [0.1, 0.15) is 16.1 Å². The fraction of sp³-hybridized carbons (Fsp3) is 0.214. The number of hydrogen-bond acceptors (Lipinski definition) is 6. The number of aryl methyl sites for hydroxylation is 3. The number of hydrogen-bond donors (Lipinski definition) is 2. The van der Waals surface area contributed by atoms with Crippen molar-refractivity contribution in [3.63, 3.8) is 0 Å². The number of nitrogens with zero attached hydrogens (tertiary/aromatic N) is 3. The molecule has 6 heteroatoms. The Labute approximate surface area is 120 Å². The van der Waals surface area contributed by atoms with Gasteiger partial charge in [0.15, 0.2) is 11.6 Å². The van der Waals surface area contributed by atoms with Crippen LogP contribution in [0.5, 0.6) is 0 Å². The number of nitrogens with one attached hydrogen (secondary N) is 1. The molecule has 0 unspecified atom stereocenters. The van der Waals surface area contributed by atoms with Crippen molar-refractivity contribution >= 4 is 27.4 Å². The smallest absolute Gasteiger partial charge is 0.181 e. The molecule has 0 fully saturated rings. The molecule has 3 aromatic rings. The maximum absolute atomic E-state index is 5.61. The Morgan fingerprint density at radius 1 is 1.10 bits per heavy atom. The minimum atomic E-state index is 0.593. The van der Waals surface area contributed by atoms with Crippen molar-refractivity contribution in [3.05, 3.63) is 34.3 Å². The van der Waals surface area contributed by atoms with Crippen LogP contribution in [0, 0.1) is 20.8 Å². The van der Waals surface area contributed by atoms with E-state index in [4.69, 9.17) is 5.84 Å². The van der Waals surface area contributed by atoms with Gasteiger partial charge in [0.25, 0.3) is 0 Å². The van der Waals surface area contributed by atoms with Crippen molar-refractivity contribution in [3.8, 4) is 11.5 Å². The minimum absolute atomic E-state index is 0.593. The highest BCUT2D eigenvalue weighted by Crippen LogP contribution is 2.34. The summed E-state index contributed by atoms with van der Waals surface area (Å²) in [5, 5.41) is 0.992. The summed E-state index contributed by atoms with van der Waals surface area (Å²) >= 11 is 1.65. The normalized spacial score (nSPS) is 11.0. The third kappa shape index (κ3) is 2.03. The Morgan fingerprint density at radius 2 is 1.90 bits per heavy atom. The molecule has 0 amide bonds. The number of pyridine rings is 1. The van der Waals surface area contributed by atoms with E-state index in [1.165, 1.54) is 10.4 Å². The first kappa shape index (κ1) is 13.0. The molecule has 3 aromatic heterocycles. The predicted octanol–water partition coefficient (Wildman–Crippen LogP) is 2.96. The Morgan fingerprint density at radius 3 is 2.60 bits per heavy atom. The van der Waals surface area contributed by atoms with Gasteiger partial charge >= 0.3 is 0 Å². The third-order valence-electron chi connectivity index (χ3n) is 3.28. The number of rotatable bonds is 2. The van der Waals surface area contributed by atoms with Gasteiger partial charge < -0.3 is 5.43 Å². The summed E-state index contributed by atoms with van der Waals surface area (Å²) in [6.07, 6.45) is 0. The van der Waals surface area contributed by atoms with Gasteiger partial charge in [-0.1, -0.05) is 6.07 Å². The Bertz CT molecular complexity index is 794. The highest BCUT2D eigenvalue weighted by Gasteiger charge is 2.15. The molecular formula is C14H15N5S. The molecule has 5 nitrogen and oxygen atoms in total. The average molecular weight is 285 g/mol. The van der Waals surface area contributed by atoms with E-state index in [1.54, 1.807) is 11.3 Å². The van der Waals surface area contributed by atoms with Crippen molar-refractivity contribution in [1.82, 2.24) is 15.0 Å². The number of anilines is 1. The summed E-state index contributed by atoms with van der Waals surface area (Å²) < 4.78 is 0. The maximum Gasteiger partial charge on any atom is 0.181 e. The molecule has 0 saturated heterocycles. The molecule has 0 radical (unpaired) electrons. The van der Waals surface area contributed by atoms with Crippen LogP contribution in [0.3, 0.4) is 0 Å². The van der Waals surface area contributed by atoms with E-state index < -0.39 is 0 Å². The lowest BCUT2D eigenvalue weighted by molar-refractivity contribution is 1.13. The van der Waals surface area contributed by atoms with Crippen LogP contribution in [0.2, 0.25) is 0 Å². The second-order valence-corrected chi connectivity index (χ2v) is 5.87. The van der Waals surface area contributed by atoms with Gasteiger partial charge in [0, 0.05) is 10.6 Å². The molecular weight excluding hydrogens is 270 g/mol. The van der Waals surface area contributed by atoms with Gasteiger partial charge in [-0.25, -0.2) is 20.8 Å². The second-order valence-electron chi connectivity index (χ2n) is 4.67. The van der Waals surface area contributed by atoms with Crippen molar-refractivity contribution in [2.24, 2.45) is 5.84 Å². The highest BCUT2D eigenvalue weighted by atomic mass is 32.1. The number of nitrogen functional groups attached to an aromatic ring is 1. The summed E-state index contributed by atoms with van der Waals surface area (Å²) in [6, 6.07) is 5.80. The van der Waals surface area contributed by atoms with Gasteiger partial charge in [-0.15, -0.1) is 11.3 Å². The van der Waals surface area contributed by atoms with Crippen LogP contribution in [0.4, 0.5) is 5.82 Å². The number of fused-ring (bicyclic) bond motifs is 1. The topological polar surface area (TPSA) is 76.7 Å². The Balaban J connectivity index is 2.28. The van der Waals surface area contributed by atoms with Crippen molar-refractivity contribution in [2.45, 2.75) is 20.8 Å². The van der Waals surface area contributed by atoms with Gasteiger partial charge in [-0.2, -0.15) is 0 Å². The fourth-order valence-corrected chi connectivity index (χ4v) is 3.17. The zero-order valence-electron chi connectivity index (χ0n) is 11.6. The molecule has 3 rings (SSSR count). The van der Waals surface area contributed by atoms with Gasteiger partial charge in [0.2, 0.25) is 0 Å². The minimum Gasteiger partial charge on any atom is -0.308 e. The van der Waals surface area contributed by atoms with Crippen molar-refractivity contribution in [1.29, 1.82) is 0 Å². The van der Waals surface area contributed by atoms with Gasteiger partial charge in [0.1, 0.15) is 10.5 Å². The molecule has 102 valence electrons. The zero-order chi connectivity index (χ0) is 14.3. The number of nitrogens with two attached hydrogens (primary N) is 1. The van der Waals surface area contributed by atoms with Gasteiger partial charge in [-0.05, 0) is 38.5 Å². The number of thiophene rings is 1. The van der Waals surface area contributed by atoms with Crippen LogP contribution in [0.25, 0.3) is 21.7 Å². The molecule has 0 aliphatic heterocycles. The lowest BCUT2D eigenvalue weighted by Gasteiger charge is -2.06. The molecule has 3 heterocycles. The molecule has 0 bridgehead atoms. The molecule has 3 N–H and O–H groups in total. The van der Waals surface area contributed by atoms with E-state index in [1.807, 2.05) is 25.1 Å². The van der Waals surface area contributed by atoms with E-state index >= 15 is 0 Å². The quantitative estimate of drug-likeness (QED) is 0.559. The van der Waals surface area contributed by atoms with Crippen molar-refractivity contribution in [2.75, 3.05) is 5.43 Å². The van der Waals surface area contributed by atoms with Crippen LogP contribution in [-0.4, -0.2) is 15.0 Å². The molecule has 0 aliphatic rings. The molecule has 0 atom stereocenters. The molecule has 0 saturated carbocycles. The molecule has 0 aromatic carbocycles. The van der Waals surface area contributed by atoms with E-state index in [0.717, 1.165) is 21.6 Å². The standard InChI is InChI=1S/C14H15N5S/c1-7-5-4-6-10(16-7)12-17-13(19-15)11-8(2)9(3)20-14(11)18-12/h4-6H,15H2,1-3H3,(H,17,18,19). The second kappa shape index (κ2) is 4.81. The zero-order valence-corrected chi connectivity index (χ0v) is 12.4. The largest absolute Gasteiger partial charge is 0.308 e. The lowest BCUT2D eigenvalue weighted by atomic mass is 10.2. The maximum atomic E-state index is 5.61. The molecule has 20 heavy (non-hydrogen) atoms. The third-order valence-corrected chi connectivity index (χ3v) is 4.38. The highest BCUT2D eigenvalue weighted by molar-refractivity contribution is 7.18. The van der Waals surface area contributed by atoms with E-state index in [-0.39, 0.29) is 0 Å². The SMILES string of the molecule is Cc1cccc(-c2nc(NN)c3c(C)c(C)sc3n2)n1. The van der Waals surface area contributed by atoms with Crippen LogP contribution < -0.4 is 11.3 Å². The number of hydrazine groups is 1. The molecule has 0 aliphatic carbocycles. The Kier molecular flexibility index (Phi) is 3.11. The monoisotopic (exact) mass is 285 g/mol. The van der Waals surface area contributed by atoms with E-state index in [9.17, 15) is 0 Å². The van der Waals surface area contributed by atoms with Crippen LogP contribution in [-0.2, 0) is 0 Å². The fourth-order valence-electron chi connectivity index (χ4n) is 2.14. The van der Waals surface area contributed by atoms with Crippen LogP contribution >= 0.6 is 11.3 Å². The first-order valence-electron chi connectivity index (χ1n) is 6.28. The first-order chi connectivity index (χ1) is 9.60. The Hall–Kier alpha value is -2.05. The summed E-state index contributed by atoms with van der Waals surface area (Å²) in [5.41, 5.74) is 5.54. The first-order valence-corrected chi connectivity index (χ1v) is 7.10. The van der Waals surface area contributed by atoms with Gasteiger partial charge in [0.05, 0.1) is 5.39 Å². The number of aromatic nitrogens is 3. The summed E-state index contributed by atoms with van der Waals surface area (Å²) in [7, 11) is 0. The summed E-state index contributed by atoms with van der Waals surface area (Å²) in [5.74, 6) is 6.86. The predicted molar refractivity (Wildman–Crippen MR) is 82.7 cm³/mol. The lowest BCUT2D eigenvalue weighted by Crippen LogP contribution is -2.10. The van der Waals surface area contributed by atoms with Crippen LogP contribution in [0.15, 0.2) is 18.2 Å². The van der Waals surface area contributed by atoms with E-state index in [0.29, 0.717) is 11.6 Å². The van der Waals surface area contributed by atoms with E-state index in [2.05, 4.69) is 34.2 Å². The van der Waals surface area contributed by atoms with Gasteiger partial charge in [-0.3, -0.25) is 0 Å². The summed E-state index contributed by atoms with van der Waals surface area (Å²) in [4.78, 5) is 15.7. The van der Waals surface area contributed by atoms with Crippen molar-refractivity contribution < 1.29 is 0 Å². The molecule has 0 spiro atoms.